The lowest BCUT2D eigenvalue weighted by molar-refractivity contribution is -0.305. The van der Waals surface area contributed by atoms with Crippen LogP contribution in [0.4, 0.5) is 0 Å². The highest BCUT2D eigenvalue weighted by Gasteiger charge is 2.44. The highest BCUT2D eigenvalue weighted by molar-refractivity contribution is 5.70. The number of esters is 2. The van der Waals surface area contributed by atoms with E-state index in [2.05, 4.69) is 62.5 Å². The van der Waals surface area contributed by atoms with E-state index in [1.807, 2.05) is 0 Å². The van der Waals surface area contributed by atoms with E-state index < -0.39 is 55.4 Å². The number of aliphatic hydroxyl groups excluding tert-OH is 4. The van der Waals surface area contributed by atoms with Crippen LogP contribution in [0, 0.1) is 0 Å². The van der Waals surface area contributed by atoms with E-state index in [0.717, 1.165) is 77.0 Å². The lowest BCUT2D eigenvalue weighted by Crippen LogP contribution is -2.59. The number of carbonyl (C=O) groups is 2. The van der Waals surface area contributed by atoms with Crippen LogP contribution >= 0.6 is 0 Å². The van der Waals surface area contributed by atoms with Crippen molar-refractivity contribution >= 4 is 11.9 Å². The van der Waals surface area contributed by atoms with Gasteiger partial charge in [-0.15, -0.1) is 0 Å². The van der Waals surface area contributed by atoms with Crippen molar-refractivity contribution in [2.45, 2.75) is 205 Å². The second-order valence-corrected chi connectivity index (χ2v) is 14.8. The summed E-state index contributed by atoms with van der Waals surface area (Å²) in [5.74, 6) is -0.834. The molecule has 0 radical (unpaired) electrons. The molecular formula is C45H78O10. The summed E-state index contributed by atoms with van der Waals surface area (Å²) in [6.07, 6.45) is 34.0. The van der Waals surface area contributed by atoms with Gasteiger partial charge in [0.15, 0.2) is 12.4 Å². The summed E-state index contributed by atoms with van der Waals surface area (Å²) in [6, 6.07) is 0. The van der Waals surface area contributed by atoms with Crippen molar-refractivity contribution in [1.29, 1.82) is 0 Å². The molecule has 55 heavy (non-hydrogen) atoms. The van der Waals surface area contributed by atoms with Gasteiger partial charge < -0.3 is 39.4 Å². The van der Waals surface area contributed by atoms with Crippen molar-refractivity contribution < 1.29 is 49.0 Å². The minimum atomic E-state index is -1.60. The Bertz CT molecular complexity index is 1040. The maximum Gasteiger partial charge on any atom is 0.306 e. The molecule has 1 heterocycles. The SMILES string of the molecule is CC/C=C/C/C=C/C/C=C/CCCCCCCC(=O)OC[C@@H](CO[C@H]1O[C@@H](CO)[C@@H](O)C(O)C1O)OC(=O)CCCCCCCCC/C=C/CCCCCC. The Balaban J connectivity index is 2.36. The van der Waals surface area contributed by atoms with E-state index in [9.17, 15) is 30.0 Å². The van der Waals surface area contributed by atoms with E-state index in [1.165, 1.54) is 51.4 Å². The van der Waals surface area contributed by atoms with Gasteiger partial charge in [-0.05, 0) is 70.6 Å². The molecule has 0 aromatic carbocycles. The van der Waals surface area contributed by atoms with Crippen LogP contribution in [0.2, 0.25) is 0 Å². The average molecular weight is 779 g/mol. The molecule has 0 bridgehead atoms. The maximum absolute atomic E-state index is 12.7. The molecule has 1 aliphatic rings. The normalized spacial score (nSPS) is 21.0. The molecule has 6 atom stereocenters. The Labute approximate surface area is 333 Å². The van der Waals surface area contributed by atoms with Crippen LogP contribution in [-0.4, -0.2) is 89.0 Å². The molecule has 1 rings (SSSR count). The number of ether oxygens (including phenoxy) is 4. The molecule has 318 valence electrons. The first-order valence-corrected chi connectivity index (χ1v) is 21.7. The molecule has 1 saturated heterocycles. The van der Waals surface area contributed by atoms with Crippen molar-refractivity contribution in [1.82, 2.24) is 0 Å². The molecule has 10 heteroatoms. The smallest absolute Gasteiger partial charge is 0.306 e. The van der Waals surface area contributed by atoms with E-state index >= 15 is 0 Å². The van der Waals surface area contributed by atoms with Crippen LogP contribution in [0.5, 0.6) is 0 Å². The van der Waals surface area contributed by atoms with Crippen molar-refractivity contribution in [3.63, 3.8) is 0 Å². The monoisotopic (exact) mass is 779 g/mol. The fraction of sp³-hybridized carbons (Fsp3) is 0.778. The van der Waals surface area contributed by atoms with Crippen molar-refractivity contribution in [2.24, 2.45) is 0 Å². The Morgan fingerprint density at radius 2 is 1.07 bits per heavy atom. The molecule has 4 N–H and O–H groups in total. The summed E-state index contributed by atoms with van der Waals surface area (Å²) >= 11 is 0. The summed E-state index contributed by atoms with van der Waals surface area (Å²) < 4.78 is 22.1. The molecule has 0 saturated carbocycles. The van der Waals surface area contributed by atoms with E-state index in [4.69, 9.17) is 18.9 Å². The average Bonchev–Trinajstić information content (AvgIpc) is 3.18. The van der Waals surface area contributed by atoms with E-state index in [0.29, 0.717) is 12.8 Å². The molecule has 2 unspecified atom stereocenters. The second kappa shape index (κ2) is 36.0. The van der Waals surface area contributed by atoms with Gasteiger partial charge in [-0.1, -0.05) is 133 Å². The number of carbonyl (C=O) groups excluding carboxylic acids is 2. The molecule has 0 spiro atoms. The number of unbranched alkanes of at least 4 members (excludes halogenated alkanes) is 16. The van der Waals surface area contributed by atoms with Gasteiger partial charge in [0.2, 0.25) is 0 Å². The van der Waals surface area contributed by atoms with Gasteiger partial charge in [0.25, 0.3) is 0 Å². The van der Waals surface area contributed by atoms with Crippen molar-refractivity contribution in [3.8, 4) is 0 Å². The predicted molar refractivity (Wildman–Crippen MR) is 219 cm³/mol. The third kappa shape index (κ3) is 27.8. The molecular weight excluding hydrogens is 700 g/mol. The van der Waals surface area contributed by atoms with E-state index in [1.54, 1.807) is 0 Å². The first kappa shape index (κ1) is 50.7. The second-order valence-electron chi connectivity index (χ2n) is 14.8. The highest BCUT2D eigenvalue weighted by atomic mass is 16.7. The summed E-state index contributed by atoms with van der Waals surface area (Å²) in [6.45, 7) is 3.27. The zero-order valence-electron chi connectivity index (χ0n) is 34.4. The molecule has 0 aromatic heterocycles. The van der Waals surface area contributed by atoms with Crippen LogP contribution in [0.1, 0.15) is 168 Å². The molecule has 1 aliphatic heterocycles. The van der Waals surface area contributed by atoms with Gasteiger partial charge >= 0.3 is 11.9 Å². The fourth-order valence-electron chi connectivity index (χ4n) is 6.25. The van der Waals surface area contributed by atoms with Gasteiger partial charge in [-0.2, -0.15) is 0 Å². The molecule has 0 aliphatic carbocycles. The quantitative estimate of drug-likeness (QED) is 0.0279. The minimum absolute atomic E-state index is 0.220. The Morgan fingerprint density at radius 1 is 0.582 bits per heavy atom. The van der Waals surface area contributed by atoms with Crippen molar-refractivity contribution in [3.05, 3.63) is 48.6 Å². The summed E-state index contributed by atoms with van der Waals surface area (Å²) in [5.41, 5.74) is 0. The van der Waals surface area contributed by atoms with Gasteiger partial charge in [0.05, 0.1) is 13.2 Å². The van der Waals surface area contributed by atoms with Crippen LogP contribution in [0.3, 0.4) is 0 Å². The Morgan fingerprint density at radius 3 is 1.64 bits per heavy atom. The van der Waals surface area contributed by atoms with Crippen LogP contribution < -0.4 is 0 Å². The summed E-state index contributed by atoms with van der Waals surface area (Å²) in [4.78, 5) is 25.3. The zero-order chi connectivity index (χ0) is 40.2. The third-order valence-corrected chi connectivity index (χ3v) is 9.70. The fourth-order valence-corrected chi connectivity index (χ4v) is 6.25. The molecule has 0 amide bonds. The van der Waals surface area contributed by atoms with Gasteiger partial charge in [0.1, 0.15) is 31.0 Å². The van der Waals surface area contributed by atoms with Crippen molar-refractivity contribution in [2.75, 3.05) is 19.8 Å². The zero-order valence-corrected chi connectivity index (χ0v) is 34.4. The molecule has 0 aromatic rings. The number of aliphatic hydroxyl groups is 4. The molecule has 1 fully saturated rings. The first-order chi connectivity index (χ1) is 26.8. The third-order valence-electron chi connectivity index (χ3n) is 9.70. The number of rotatable bonds is 35. The lowest BCUT2D eigenvalue weighted by atomic mass is 9.99. The lowest BCUT2D eigenvalue weighted by Gasteiger charge is -2.39. The van der Waals surface area contributed by atoms with Crippen LogP contribution in [0.25, 0.3) is 0 Å². The topological polar surface area (TPSA) is 152 Å². The number of hydrogen-bond donors (Lipinski definition) is 4. The Kier molecular flexibility index (Phi) is 33.2. The summed E-state index contributed by atoms with van der Waals surface area (Å²) in [7, 11) is 0. The Hall–Kier alpha value is -2.34. The standard InChI is InChI=1S/C45H78O10/c1-3-5-7-9-11-13-15-17-19-21-23-25-27-29-31-33-40(47)52-36-38(37-53-45-44(51)43(50)42(49)39(35-46)55-45)54-41(48)34-32-30-28-26-24-22-20-18-16-14-12-10-8-6-4-2/h5,7,11,13-14,16-17,19,38-39,42-46,49-51H,3-4,6,8-10,12,15,18,20-37H2,1-2H3/b7-5+,13-11+,16-14+,19-17+/t38-,39-,42+,43?,44?,45-/m0/s1. The highest BCUT2D eigenvalue weighted by Crippen LogP contribution is 2.22. The minimum Gasteiger partial charge on any atom is -0.462 e. The summed E-state index contributed by atoms with van der Waals surface area (Å²) in [5, 5.41) is 40.0. The number of hydrogen-bond acceptors (Lipinski definition) is 10. The molecule has 10 nitrogen and oxygen atoms in total. The van der Waals surface area contributed by atoms with Crippen LogP contribution in [-0.2, 0) is 28.5 Å². The maximum atomic E-state index is 12.7. The van der Waals surface area contributed by atoms with E-state index in [-0.39, 0.29) is 26.1 Å². The number of allylic oxidation sites excluding steroid dienone is 8. The first-order valence-electron chi connectivity index (χ1n) is 21.7. The van der Waals surface area contributed by atoms with Gasteiger partial charge in [-0.25, -0.2) is 0 Å². The van der Waals surface area contributed by atoms with Crippen LogP contribution in [0.15, 0.2) is 48.6 Å². The van der Waals surface area contributed by atoms with Gasteiger partial charge in [0, 0.05) is 12.8 Å². The predicted octanol–water partition coefficient (Wildman–Crippen LogP) is 8.88. The van der Waals surface area contributed by atoms with Gasteiger partial charge in [-0.3, -0.25) is 9.59 Å². The largest absolute Gasteiger partial charge is 0.462 e.